The second kappa shape index (κ2) is 10.5. The minimum atomic E-state index is -2.09. The largest absolute Gasteiger partial charge is 0.394 e. The van der Waals surface area contributed by atoms with Gasteiger partial charge in [0.05, 0.1) is 25.9 Å². The van der Waals surface area contributed by atoms with E-state index in [1.165, 1.54) is 6.92 Å². The van der Waals surface area contributed by atoms with E-state index in [9.17, 15) is 25.5 Å². The maximum Gasteiger partial charge on any atom is 0.206 e. The fourth-order valence-corrected chi connectivity index (χ4v) is 2.78. The molecule has 2 saturated heterocycles. The zero-order valence-corrected chi connectivity index (χ0v) is 15.1. The lowest BCUT2D eigenvalue weighted by molar-refractivity contribution is -0.319. The summed E-state index contributed by atoms with van der Waals surface area (Å²) in [5, 5.41) is 75.8. The minimum Gasteiger partial charge on any atom is -0.394 e. The molecule has 10 atom stereocenters. The topological polar surface area (TPSA) is 208 Å². The van der Waals surface area contributed by atoms with Crippen LogP contribution in [-0.2, 0) is 23.7 Å². The van der Waals surface area contributed by atoms with E-state index in [0.717, 1.165) is 0 Å². The fourth-order valence-electron chi connectivity index (χ4n) is 2.78. The lowest BCUT2D eigenvalue weighted by Crippen LogP contribution is -2.57. The zero-order chi connectivity index (χ0) is 21.0. The van der Waals surface area contributed by atoms with E-state index in [4.69, 9.17) is 39.0 Å². The van der Waals surface area contributed by atoms with Crippen molar-refractivity contribution >= 4 is 0 Å². The van der Waals surface area contributed by atoms with Crippen molar-refractivity contribution in [3.8, 4) is 0 Å². The Kier molecular flexibility index (Phi) is 8.90. The highest BCUT2D eigenvalue weighted by atomic mass is 16.7. The SMILES string of the molecule is C[C@@H](COC(O)C(O)O)OC1OCC(O)C(OC2OC(CO)C(O)C2O)C1O. The molecule has 2 fully saturated rings. The average molecular weight is 416 g/mol. The first kappa shape index (κ1) is 23.8. The third kappa shape index (κ3) is 5.76. The third-order valence-corrected chi connectivity index (χ3v) is 4.34. The van der Waals surface area contributed by atoms with E-state index in [0.29, 0.717) is 0 Å². The van der Waals surface area contributed by atoms with Crippen LogP contribution >= 0.6 is 0 Å². The Labute approximate surface area is 160 Å². The van der Waals surface area contributed by atoms with E-state index in [1.807, 2.05) is 0 Å². The van der Waals surface area contributed by atoms with E-state index in [1.54, 1.807) is 0 Å². The zero-order valence-electron chi connectivity index (χ0n) is 15.1. The van der Waals surface area contributed by atoms with Gasteiger partial charge in [-0.3, -0.25) is 0 Å². The molecule has 9 unspecified atom stereocenters. The van der Waals surface area contributed by atoms with Crippen LogP contribution in [-0.4, -0.2) is 129 Å². The molecule has 0 saturated carbocycles. The van der Waals surface area contributed by atoms with Crippen molar-refractivity contribution in [2.24, 2.45) is 0 Å². The Hall–Kier alpha value is -0.520. The van der Waals surface area contributed by atoms with E-state index < -0.39 is 74.5 Å². The van der Waals surface area contributed by atoms with Gasteiger partial charge >= 0.3 is 0 Å². The van der Waals surface area contributed by atoms with Gasteiger partial charge in [0, 0.05) is 0 Å². The van der Waals surface area contributed by atoms with Crippen molar-refractivity contribution < 1.29 is 64.5 Å². The molecule has 2 aliphatic heterocycles. The van der Waals surface area contributed by atoms with Gasteiger partial charge in [0.2, 0.25) is 12.6 Å². The Morgan fingerprint density at radius 1 is 1.00 bits per heavy atom. The maximum atomic E-state index is 10.4. The number of hydrogen-bond acceptors (Lipinski definition) is 13. The van der Waals surface area contributed by atoms with Crippen LogP contribution in [0.2, 0.25) is 0 Å². The highest BCUT2D eigenvalue weighted by molar-refractivity contribution is 4.90. The van der Waals surface area contributed by atoms with Gasteiger partial charge in [-0.1, -0.05) is 0 Å². The van der Waals surface area contributed by atoms with E-state index in [2.05, 4.69) is 0 Å². The first-order valence-electron chi connectivity index (χ1n) is 8.72. The van der Waals surface area contributed by atoms with Crippen molar-refractivity contribution in [2.75, 3.05) is 19.8 Å². The first-order chi connectivity index (χ1) is 13.1. The van der Waals surface area contributed by atoms with Crippen molar-refractivity contribution in [3.63, 3.8) is 0 Å². The van der Waals surface area contributed by atoms with Gasteiger partial charge in [-0.25, -0.2) is 0 Å². The average Bonchev–Trinajstić information content (AvgIpc) is 2.93. The van der Waals surface area contributed by atoms with Gasteiger partial charge < -0.3 is 64.5 Å². The van der Waals surface area contributed by atoms with E-state index in [-0.39, 0.29) is 13.2 Å². The molecule has 166 valence electrons. The molecule has 2 rings (SSSR count). The highest BCUT2D eigenvalue weighted by Crippen LogP contribution is 2.28. The van der Waals surface area contributed by atoms with Crippen LogP contribution in [0.25, 0.3) is 0 Å². The predicted molar refractivity (Wildman–Crippen MR) is 85.1 cm³/mol. The third-order valence-electron chi connectivity index (χ3n) is 4.34. The summed E-state index contributed by atoms with van der Waals surface area (Å²) in [7, 11) is 0. The molecule has 0 bridgehead atoms. The number of aliphatic hydroxyl groups is 8. The van der Waals surface area contributed by atoms with E-state index >= 15 is 0 Å². The Balaban J connectivity index is 1.90. The first-order valence-corrected chi connectivity index (χ1v) is 8.72. The highest BCUT2D eigenvalue weighted by Gasteiger charge is 2.48. The van der Waals surface area contributed by atoms with Crippen LogP contribution < -0.4 is 0 Å². The minimum absolute atomic E-state index is 0.270. The van der Waals surface area contributed by atoms with Crippen LogP contribution in [0, 0.1) is 0 Å². The summed E-state index contributed by atoms with van der Waals surface area (Å²) in [5.41, 5.74) is 0. The smallest absolute Gasteiger partial charge is 0.206 e. The quantitative estimate of drug-likeness (QED) is 0.166. The lowest BCUT2D eigenvalue weighted by Gasteiger charge is -2.39. The molecule has 28 heavy (non-hydrogen) atoms. The Morgan fingerprint density at radius 3 is 2.25 bits per heavy atom. The van der Waals surface area contributed by atoms with Gasteiger partial charge in [0.1, 0.15) is 36.6 Å². The summed E-state index contributed by atoms with van der Waals surface area (Å²) in [5.74, 6) is 0. The second-order valence-corrected chi connectivity index (χ2v) is 6.65. The molecule has 0 aromatic carbocycles. The summed E-state index contributed by atoms with van der Waals surface area (Å²) < 4.78 is 25.9. The summed E-state index contributed by atoms with van der Waals surface area (Å²) in [6.45, 7) is 0.384. The standard InChI is InChI=1S/C15H28O13/c1-5(3-24-13(23)12(21)22)26-14-10(20)11(6(17)4-25-14)28-15-9(19)8(18)7(2-16)27-15/h5-23H,2-4H2,1H3/t5-,6?,7?,8?,9?,10?,11?,13?,14?,15?/m0/s1. The van der Waals surface area contributed by atoms with Gasteiger partial charge in [-0.2, -0.15) is 0 Å². The van der Waals surface area contributed by atoms with Crippen LogP contribution in [0.3, 0.4) is 0 Å². The van der Waals surface area contributed by atoms with Gasteiger partial charge in [-0.05, 0) is 6.92 Å². The van der Waals surface area contributed by atoms with Crippen molar-refractivity contribution in [2.45, 2.75) is 74.8 Å². The Bertz CT molecular complexity index is 465. The molecule has 0 aromatic rings. The second-order valence-electron chi connectivity index (χ2n) is 6.65. The lowest BCUT2D eigenvalue weighted by atomic mass is 10.0. The van der Waals surface area contributed by atoms with Crippen molar-refractivity contribution in [1.29, 1.82) is 0 Å². The number of ether oxygens (including phenoxy) is 5. The molecular formula is C15H28O13. The van der Waals surface area contributed by atoms with Crippen LogP contribution in [0.15, 0.2) is 0 Å². The molecule has 13 heteroatoms. The van der Waals surface area contributed by atoms with Gasteiger partial charge in [-0.15, -0.1) is 0 Å². The number of rotatable bonds is 9. The van der Waals surface area contributed by atoms with Crippen LogP contribution in [0.1, 0.15) is 6.92 Å². The molecule has 8 N–H and O–H groups in total. The van der Waals surface area contributed by atoms with Crippen molar-refractivity contribution in [1.82, 2.24) is 0 Å². The van der Waals surface area contributed by atoms with Crippen LogP contribution in [0.4, 0.5) is 0 Å². The summed E-state index contributed by atoms with van der Waals surface area (Å²) in [4.78, 5) is 0. The molecular weight excluding hydrogens is 388 g/mol. The fraction of sp³-hybridized carbons (Fsp3) is 1.00. The van der Waals surface area contributed by atoms with Crippen molar-refractivity contribution in [3.05, 3.63) is 0 Å². The Morgan fingerprint density at radius 2 is 1.68 bits per heavy atom. The molecule has 2 aliphatic rings. The molecule has 0 aromatic heterocycles. The molecule has 0 radical (unpaired) electrons. The van der Waals surface area contributed by atoms with Gasteiger partial charge in [0.25, 0.3) is 0 Å². The molecule has 0 spiro atoms. The summed E-state index contributed by atoms with van der Waals surface area (Å²) in [6.07, 6.45) is -15.5. The summed E-state index contributed by atoms with van der Waals surface area (Å²) in [6, 6.07) is 0. The monoisotopic (exact) mass is 416 g/mol. The molecule has 0 amide bonds. The number of hydrogen-bond donors (Lipinski definition) is 8. The predicted octanol–water partition coefficient (Wildman–Crippen LogP) is -5.06. The molecule has 13 nitrogen and oxygen atoms in total. The normalized spacial score (nSPS) is 41.4. The summed E-state index contributed by atoms with van der Waals surface area (Å²) >= 11 is 0. The number of aliphatic hydroxyl groups excluding tert-OH is 7. The van der Waals surface area contributed by atoms with Gasteiger partial charge in [0.15, 0.2) is 12.6 Å². The maximum absolute atomic E-state index is 10.4. The molecule has 2 heterocycles. The van der Waals surface area contributed by atoms with Crippen LogP contribution in [0.5, 0.6) is 0 Å². The molecule has 0 aliphatic carbocycles.